The number of nitrogens with zero attached hydrogens (tertiary/aromatic N) is 5. The first-order valence-electron chi connectivity index (χ1n) is 26.6. The molecule has 12 aromatic rings. The van der Waals surface area contributed by atoms with Crippen LogP contribution in [0.5, 0.6) is 0 Å². The molecular weight excluding hydrogens is 920 g/mol. The Labute approximate surface area is 443 Å². The van der Waals surface area contributed by atoms with E-state index in [-0.39, 0.29) is 13.4 Å². The zero-order valence-corrected chi connectivity index (χ0v) is 42.5. The Kier molecular flexibility index (Phi) is 9.21. The summed E-state index contributed by atoms with van der Waals surface area (Å²) < 4.78 is 2.61. The molecule has 0 fully saturated rings. The van der Waals surface area contributed by atoms with Gasteiger partial charge in [0.05, 0.1) is 16.7 Å². The Morgan fingerprint density at radius 2 is 0.592 bits per heavy atom. The molecule has 0 amide bonds. The molecule has 0 unspecified atom stereocenters. The summed E-state index contributed by atoms with van der Waals surface area (Å²) in [5.41, 5.74) is 29.4. The van der Waals surface area contributed by atoms with Gasteiger partial charge in [-0.15, -0.1) is 0 Å². The zero-order chi connectivity index (χ0) is 50.3. The van der Waals surface area contributed by atoms with Crippen molar-refractivity contribution in [1.82, 2.24) is 4.57 Å². The van der Waals surface area contributed by atoms with E-state index < -0.39 is 0 Å². The molecule has 0 bridgehead atoms. The summed E-state index contributed by atoms with van der Waals surface area (Å²) >= 11 is 0. The van der Waals surface area contributed by atoms with Crippen LogP contribution >= 0.6 is 0 Å². The number of hydrogen-bond acceptors (Lipinski definition) is 4. The zero-order valence-electron chi connectivity index (χ0n) is 42.5. The van der Waals surface area contributed by atoms with Gasteiger partial charge in [0.25, 0.3) is 13.4 Å². The van der Waals surface area contributed by atoms with Gasteiger partial charge >= 0.3 is 0 Å². The molecule has 0 N–H and O–H groups in total. The van der Waals surface area contributed by atoms with Crippen molar-refractivity contribution in [2.24, 2.45) is 0 Å². The molecule has 5 nitrogen and oxygen atoms in total. The van der Waals surface area contributed by atoms with Crippen LogP contribution in [-0.4, -0.2) is 18.0 Å². The largest absolute Gasteiger partial charge is 0.311 e. The maximum absolute atomic E-state index is 2.61. The summed E-state index contributed by atoms with van der Waals surface area (Å²) in [5.74, 6) is 0. The molecule has 11 aromatic carbocycles. The van der Waals surface area contributed by atoms with Crippen LogP contribution in [0.3, 0.4) is 0 Å². The van der Waals surface area contributed by atoms with Gasteiger partial charge in [0, 0.05) is 79.0 Å². The molecule has 1 aromatic heterocycles. The fourth-order valence-corrected chi connectivity index (χ4v) is 14.0. The molecule has 0 saturated heterocycles. The number of para-hydroxylation sites is 6. The second-order valence-corrected chi connectivity index (χ2v) is 21.0. The van der Waals surface area contributed by atoms with Crippen molar-refractivity contribution in [3.05, 3.63) is 259 Å². The minimum Gasteiger partial charge on any atom is -0.311 e. The quantitative estimate of drug-likeness (QED) is 0.160. The molecule has 0 radical (unpaired) electrons. The van der Waals surface area contributed by atoms with Crippen LogP contribution < -0.4 is 52.4 Å². The average Bonchev–Trinajstić information content (AvgIpc) is 3.96. The molecule has 0 spiro atoms. The van der Waals surface area contributed by atoms with Gasteiger partial charge in [-0.05, 0) is 162 Å². The van der Waals surface area contributed by atoms with Gasteiger partial charge in [-0.2, -0.15) is 0 Å². The van der Waals surface area contributed by atoms with Crippen LogP contribution in [0.25, 0.3) is 27.5 Å². The fourth-order valence-electron chi connectivity index (χ4n) is 14.0. The van der Waals surface area contributed by atoms with E-state index in [1.54, 1.807) is 0 Å². The highest BCUT2D eigenvalue weighted by Crippen LogP contribution is 2.49. The van der Waals surface area contributed by atoms with Crippen LogP contribution in [0.1, 0.15) is 16.7 Å². The van der Waals surface area contributed by atoms with Crippen molar-refractivity contribution in [2.75, 3.05) is 19.6 Å². The molecule has 5 heterocycles. The Bertz CT molecular complexity index is 4090. The summed E-state index contributed by atoms with van der Waals surface area (Å²) in [4.78, 5) is 10.0. The van der Waals surface area contributed by atoms with E-state index in [1.807, 2.05) is 0 Å². The third-order valence-electron chi connectivity index (χ3n) is 16.7. The van der Waals surface area contributed by atoms with E-state index in [0.717, 1.165) is 22.7 Å². The van der Waals surface area contributed by atoms with E-state index in [9.17, 15) is 0 Å². The Hall–Kier alpha value is -9.45. The monoisotopic (exact) mass is 969 g/mol. The Morgan fingerprint density at radius 3 is 0.961 bits per heavy atom. The van der Waals surface area contributed by atoms with Gasteiger partial charge in [-0.1, -0.05) is 151 Å². The number of rotatable bonds is 5. The smallest absolute Gasteiger partial charge is 0.252 e. The Balaban J connectivity index is 1.04. The fraction of sp³-hybridized carbons (Fsp3) is 0.0435. The van der Waals surface area contributed by atoms with Crippen molar-refractivity contribution in [3.63, 3.8) is 0 Å². The lowest BCUT2D eigenvalue weighted by Crippen LogP contribution is -2.61. The maximum atomic E-state index is 2.61. The number of anilines is 12. The van der Waals surface area contributed by atoms with Crippen LogP contribution in [0.15, 0.2) is 243 Å². The van der Waals surface area contributed by atoms with Crippen LogP contribution in [0.4, 0.5) is 68.2 Å². The van der Waals surface area contributed by atoms with E-state index in [1.165, 1.54) is 122 Å². The van der Waals surface area contributed by atoms with E-state index in [4.69, 9.17) is 0 Å². The first-order chi connectivity index (χ1) is 37.5. The first kappa shape index (κ1) is 43.0. The second-order valence-electron chi connectivity index (χ2n) is 21.0. The third-order valence-corrected chi connectivity index (χ3v) is 16.7. The van der Waals surface area contributed by atoms with Crippen molar-refractivity contribution in [2.45, 2.75) is 20.8 Å². The van der Waals surface area contributed by atoms with Gasteiger partial charge in [0.1, 0.15) is 0 Å². The highest BCUT2D eigenvalue weighted by atomic mass is 15.2. The van der Waals surface area contributed by atoms with Gasteiger partial charge < -0.3 is 24.2 Å². The van der Waals surface area contributed by atoms with Gasteiger partial charge in [0.15, 0.2) is 0 Å². The highest BCUT2D eigenvalue weighted by Gasteiger charge is 2.46. The summed E-state index contributed by atoms with van der Waals surface area (Å²) in [6, 6.07) is 90.8. The molecule has 0 atom stereocenters. The van der Waals surface area contributed by atoms with Crippen molar-refractivity contribution < 1.29 is 0 Å². The number of benzene rings is 11. The molecule has 356 valence electrons. The topological polar surface area (TPSA) is 17.9 Å². The van der Waals surface area contributed by atoms with Gasteiger partial charge in [-0.25, -0.2) is 0 Å². The molecule has 4 aliphatic rings. The Morgan fingerprint density at radius 1 is 0.276 bits per heavy atom. The number of fused-ring (bicyclic) bond motifs is 11. The predicted molar refractivity (Wildman–Crippen MR) is 323 cm³/mol. The normalized spacial score (nSPS) is 13.6. The molecular formula is C69H49B2N5. The molecule has 16 rings (SSSR count). The molecule has 7 heteroatoms. The standard InChI is InChI=1S/C69H49B2N5/c1-44-38-45(2)69(46(3)39-44)76-63-42-65-55(70-53-30-16-18-32-57(53)72(47-22-8-4-9-23-47)59-34-20-36-61(67(59)70)74(65)49-26-12-6-13-27-49)40-51(63)52-41-56-66(43-64(52)76)75(50-28-14-7-15-29-50)62-37-21-35-60-68(62)71(56)54-31-17-19-33-58(54)73(60)48-24-10-5-11-25-48/h4-43H,1-3H3. The minimum absolute atomic E-state index is 0.0298. The third kappa shape index (κ3) is 5.99. The predicted octanol–water partition coefficient (Wildman–Crippen LogP) is 13.9. The van der Waals surface area contributed by atoms with Crippen molar-refractivity contribution in [1.29, 1.82) is 0 Å². The lowest BCUT2D eigenvalue weighted by Gasteiger charge is -2.44. The summed E-state index contributed by atoms with van der Waals surface area (Å²) in [6.45, 7) is 6.74. The van der Waals surface area contributed by atoms with E-state index in [2.05, 4.69) is 288 Å². The molecule has 0 aliphatic carbocycles. The van der Waals surface area contributed by atoms with E-state index in [0.29, 0.717) is 0 Å². The van der Waals surface area contributed by atoms with Gasteiger partial charge in [0.2, 0.25) is 0 Å². The SMILES string of the molecule is Cc1cc(C)c(-n2c3cc4c(cc3c3cc5c(cc32)N(c2ccccc2)c2cccc3c2B5c2ccccc2N3c2ccccc2)B2c3ccccc3N(c3ccccc3)c3cccc(c32)N4c2ccccc2)c(C)c1. The number of aryl methyl sites for hydroxylation is 3. The van der Waals surface area contributed by atoms with E-state index >= 15 is 0 Å². The van der Waals surface area contributed by atoms with Crippen molar-refractivity contribution >= 4 is 136 Å². The van der Waals surface area contributed by atoms with Crippen LogP contribution in [-0.2, 0) is 0 Å². The lowest BCUT2D eigenvalue weighted by atomic mass is 9.33. The second kappa shape index (κ2) is 16.3. The minimum atomic E-state index is -0.0298. The summed E-state index contributed by atoms with van der Waals surface area (Å²) in [6.07, 6.45) is 0. The first-order valence-corrected chi connectivity index (χ1v) is 26.6. The maximum Gasteiger partial charge on any atom is 0.252 e. The lowest BCUT2D eigenvalue weighted by molar-refractivity contribution is 1.11. The number of hydrogen-bond donors (Lipinski definition) is 0. The van der Waals surface area contributed by atoms with Gasteiger partial charge in [-0.3, -0.25) is 0 Å². The molecule has 76 heavy (non-hydrogen) atoms. The highest BCUT2D eigenvalue weighted by molar-refractivity contribution is 7.01. The molecule has 4 aliphatic heterocycles. The average molecular weight is 970 g/mol. The number of aromatic nitrogens is 1. The summed E-state index contributed by atoms with van der Waals surface area (Å²) in [5, 5.41) is 2.49. The summed E-state index contributed by atoms with van der Waals surface area (Å²) in [7, 11) is 0. The van der Waals surface area contributed by atoms with Crippen LogP contribution in [0.2, 0.25) is 0 Å². The molecule has 0 saturated carbocycles. The van der Waals surface area contributed by atoms with Crippen LogP contribution in [0, 0.1) is 20.8 Å². The van der Waals surface area contributed by atoms with Crippen molar-refractivity contribution in [3.8, 4) is 5.69 Å².